The van der Waals surface area contributed by atoms with E-state index in [9.17, 15) is 0 Å². The average Bonchev–Trinajstić information content (AvgIpc) is 2.99. The summed E-state index contributed by atoms with van der Waals surface area (Å²) >= 11 is 0. The van der Waals surface area contributed by atoms with Gasteiger partial charge in [0.05, 0.1) is 0 Å². The Morgan fingerprint density at radius 2 is 0.450 bits per heavy atom. The van der Waals surface area contributed by atoms with Gasteiger partial charge in [0, 0.05) is 0 Å². The van der Waals surface area contributed by atoms with Crippen LogP contribution in [0.4, 0.5) is 0 Å². The molecule has 0 unspecified atom stereocenters. The summed E-state index contributed by atoms with van der Waals surface area (Å²) in [5.74, 6) is 10.6. The standard InChI is InChI=1S/C24H44.2C8H16/c1-3-19-5-9-21(10-6-19)17-23-13-15-24(16-14-23)18-22-11-7-20(4-2)8-12-22;2*1-7-3-5-8(2)6-4-7/h19-24H,3-18H2,1-2H3;2*7-8H,3-6H2,1-2H3. The first-order valence-corrected chi connectivity index (χ1v) is 19.3. The molecule has 0 aromatic rings. The largest absolute Gasteiger partial charge is 0.0651 e. The zero-order valence-electron chi connectivity index (χ0n) is 28.7. The van der Waals surface area contributed by atoms with Crippen LogP contribution in [0.15, 0.2) is 0 Å². The minimum absolute atomic E-state index is 1.02. The zero-order valence-corrected chi connectivity index (χ0v) is 28.7. The van der Waals surface area contributed by atoms with E-state index in [2.05, 4.69) is 41.5 Å². The van der Waals surface area contributed by atoms with Gasteiger partial charge < -0.3 is 0 Å². The van der Waals surface area contributed by atoms with Gasteiger partial charge in [0.15, 0.2) is 0 Å². The van der Waals surface area contributed by atoms with E-state index in [1.165, 1.54) is 89.9 Å². The first-order valence-electron chi connectivity index (χ1n) is 19.3. The molecule has 236 valence electrons. The molecule has 0 bridgehead atoms. The highest BCUT2D eigenvalue weighted by Crippen LogP contribution is 2.42. The molecule has 5 saturated carbocycles. The third kappa shape index (κ3) is 13.5. The maximum Gasteiger partial charge on any atom is -0.0411 e. The van der Waals surface area contributed by atoms with Gasteiger partial charge in [0.2, 0.25) is 0 Å². The lowest BCUT2D eigenvalue weighted by molar-refractivity contribution is 0.163. The lowest BCUT2D eigenvalue weighted by Gasteiger charge is -2.36. The lowest BCUT2D eigenvalue weighted by Crippen LogP contribution is -2.23. The summed E-state index contributed by atoms with van der Waals surface area (Å²) in [5, 5.41) is 0. The predicted octanol–water partition coefficient (Wildman–Crippen LogP) is 13.7. The van der Waals surface area contributed by atoms with Crippen molar-refractivity contribution in [2.75, 3.05) is 0 Å². The van der Waals surface area contributed by atoms with Crippen molar-refractivity contribution >= 4 is 0 Å². The Morgan fingerprint density at radius 1 is 0.275 bits per heavy atom. The summed E-state index contributed by atoms with van der Waals surface area (Å²) in [6, 6.07) is 0. The molecule has 5 fully saturated rings. The molecule has 0 spiro atoms. The maximum atomic E-state index is 2.39. The highest BCUT2D eigenvalue weighted by Gasteiger charge is 2.29. The smallest absolute Gasteiger partial charge is 0.0411 e. The molecule has 0 aliphatic heterocycles. The molecule has 5 aliphatic carbocycles. The van der Waals surface area contributed by atoms with Crippen LogP contribution in [0, 0.1) is 59.2 Å². The quantitative estimate of drug-likeness (QED) is 0.305. The SMILES string of the molecule is CC1CCC(C)CC1.CC1CCC(C)CC1.CCC1CCC(CC2CCC(CC3CCC(CC)CC3)CC2)CC1. The normalized spacial score (nSPS) is 40.6. The predicted molar refractivity (Wildman–Crippen MR) is 180 cm³/mol. The fourth-order valence-electron chi connectivity index (χ4n) is 9.25. The molecular formula is C40H76. The van der Waals surface area contributed by atoms with Crippen LogP contribution in [-0.2, 0) is 0 Å². The Bertz CT molecular complexity index is 508. The fourth-order valence-corrected chi connectivity index (χ4v) is 9.25. The molecule has 0 saturated heterocycles. The van der Waals surface area contributed by atoms with Crippen molar-refractivity contribution in [3.63, 3.8) is 0 Å². The Balaban J connectivity index is 0.000000223. The van der Waals surface area contributed by atoms with Gasteiger partial charge in [0.25, 0.3) is 0 Å². The Hall–Kier alpha value is 0. The van der Waals surface area contributed by atoms with Crippen molar-refractivity contribution < 1.29 is 0 Å². The molecule has 0 aromatic carbocycles. The molecule has 5 aliphatic rings. The molecule has 0 N–H and O–H groups in total. The molecular weight excluding hydrogens is 480 g/mol. The second kappa shape index (κ2) is 19.3. The molecule has 0 atom stereocenters. The van der Waals surface area contributed by atoms with Crippen LogP contribution in [0.1, 0.15) is 196 Å². The van der Waals surface area contributed by atoms with Crippen LogP contribution >= 0.6 is 0 Å². The van der Waals surface area contributed by atoms with Crippen LogP contribution in [0.3, 0.4) is 0 Å². The van der Waals surface area contributed by atoms with E-state index in [-0.39, 0.29) is 0 Å². The number of hydrogen-bond donors (Lipinski definition) is 0. The third-order valence-corrected chi connectivity index (χ3v) is 13.0. The summed E-state index contributed by atoms with van der Waals surface area (Å²) in [5.41, 5.74) is 0. The van der Waals surface area contributed by atoms with Crippen molar-refractivity contribution in [3.8, 4) is 0 Å². The first-order chi connectivity index (χ1) is 19.3. The molecule has 0 aromatic heterocycles. The third-order valence-electron chi connectivity index (χ3n) is 13.0. The van der Waals surface area contributed by atoms with E-state index < -0.39 is 0 Å². The minimum Gasteiger partial charge on any atom is -0.0651 e. The fraction of sp³-hybridized carbons (Fsp3) is 1.00. The van der Waals surface area contributed by atoms with E-state index in [0.29, 0.717) is 0 Å². The summed E-state index contributed by atoms with van der Waals surface area (Å²) in [6.07, 6.45) is 36.5. The van der Waals surface area contributed by atoms with Crippen molar-refractivity contribution in [2.45, 2.75) is 196 Å². The van der Waals surface area contributed by atoms with Gasteiger partial charge in [-0.2, -0.15) is 0 Å². The lowest BCUT2D eigenvalue weighted by atomic mass is 9.70. The summed E-state index contributed by atoms with van der Waals surface area (Å²) in [6.45, 7) is 14.2. The monoisotopic (exact) mass is 557 g/mol. The Morgan fingerprint density at radius 3 is 0.625 bits per heavy atom. The van der Waals surface area contributed by atoms with Gasteiger partial charge in [-0.3, -0.25) is 0 Å². The van der Waals surface area contributed by atoms with Gasteiger partial charge in [-0.15, -0.1) is 0 Å². The first kappa shape index (κ1) is 34.5. The van der Waals surface area contributed by atoms with E-state index in [1.54, 1.807) is 64.2 Å². The van der Waals surface area contributed by atoms with Gasteiger partial charge in [0.1, 0.15) is 0 Å². The van der Waals surface area contributed by atoms with Crippen LogP contribution in [0.25, 0.3) is 0 Å². The van der Waals surface area contributed by atoms with Crippen LogP contribution in [0.5, 0.6) is 0 Å². The summed E-state index contributed by atoms with van der Waals surface area (Å²) in [4.78, 5) is 0. The summed E-state index contributed by atoms with van der Waals surface area (Å²) in [7, 11) is 0. The second-order valence-electron chi connectivity index (χ2n) is 16.7. The Kier molecular flexibility index (Phi) is 16.7. The molecule has 40 heavy (non-hydrogen) atoms. The highest BCUT2D eigenvalue weighted by atomic mass is 14.3. The maximum absolute atomic E-state index is 2.39. The zero-order chi connectivity index (χ0) is 28.7. The number of hydrogen-bond acceptors (Lipinski definition) is 0. The van der Waals surface area contributed by atoms with E-state index in [4.69, 9.17) is 0 Å². The van der Waals surface area contributed by atoms with Gasteiger partial charge in [-0.25, -0.2) is 0 Å². The van der Waals surface area contributed by atoms with Crippen molar-refractivity contribution in [1.82, 2.24) is 0 Å². The van der Waals surface area contributed by atoms with Crippen LogP contribution in [-0.4, -0.2) is 0 Å². The molecule has 0 radical (unpaired) electrons. The van der Waals surface area contributed by atoms with Gasteiger partial charge >= 0.3 is 0 Å². The minimum atomic E-state index is 1.02. The average molecular weight is 557 g/mol. The Labute approximate surface area is 254 Å². The van der Waals surface area contributed by atoms with E-state index in [1.807, 2.05) is 0 Å². The topological polar surface area (TPSA) is 0 Å². The van der Waals surface area contributed by atoms with Gasteiger partial charge in [-0.05, 0) is 72.0 Å². The number of rotatable bonds is 6. The molecule has 0 heteroatoms. The molecule has 5 rings (SSSR count). The van der Waals surface area contributed by atoms with E-state index in [0.717, 1.165) is 59.2 Å². The van der Waals surface area contributed by atoms with Gasteiger partial charge in [-0.1, -0.05) is 183 Å². The van der Waals surface area contributed by atoms with Crippen molar-refractivity contribution in [3.05, 3.63) is 0 Å². The molecule has 0 heterocycles. The summed E-state index contributed by atoms with van der Waals surface area (Å²) < 4.78 is 0. The van der Waals surface area contributed by atoms with Crippen molar-refractivity contribution in [1.29, 1.82) is 0 Å². The molecule has 0 amide bonds. The second-order valence-corrected chi connectivity index (χ2v) is 16.7. The molecule has 0 nitrogen and oxygen atoms in total. The van der Waals surface area contributed by atoms with Crippen molar-refractivity contribution in [2.24, 2.45) is 59.2 Å². The van der Waals surface area contributed by atoms with Crippen LogP contribution < -0.4 is 0 Å². The van der Waals surface area contributed by atoms with E-state index >= 15 is 0 Å². The highest BCUT2D eigenvalue weighted by molar-refractivity contribution is 4.81. The van der Waals surface area contributed by atoms with Crippen LogP contribution in [0.2, 0.25) is 0 Å².